The smallest absolute Gasteiger partial charge is 0.276 e. The number of piperazine rings is 1. The van der Waals surface area contributed by atoms with Gasteiger partial charge in [-0.05, 0) is 25.0 Å². The van der Waals surface area contributed by atoms with Crippen LogP contribution in [0, 0.1) is 0 Å². The van der Waals surface area contributed by atoms with E-state index in [-0.39, 0.29) is 5.91 Å². The van der Waals surface area contributed by atoms with Crippen molar-refractivity contribution in [2.24, 2.45) is 0 Å². The maximum absolute atomic E-state index is 12.5. The molecule has 0 unspecified atom stereocenters. The number of aromatic nitrogens is 1. The van der Waals surface area contributed by atoms with Crippen molar-refractivity contribution < 1.29 is 9.32 Å². The highest BCUT2D eigenvalue weighted by Crippen LogP contribution is 2.21. The summed E-state index contributed by atoms with van der Waals surface area (Å²) in [5.41, 5.74) is 1.71. The lowest BCUT2D eigenvalue weighted by Gasteiger charge is -2.43. The van der Waals surface area contributed by atoms with Gasteiger partial charge >= 0.3 is 0 Å². The molecule has 1 aromatic carbocycles. The molecule has 1 amide bonds. The fraction of sp³-hybridized carbons (Fsp3) is 0.474. The fourth-order valence-electron chi connectivity index (χ4n) is 3.91. The molecular formula is C19H24N4O2. The number of rotatable bonds is 3. The molecule has 0 spiro atoms. The SMILES string of the molecule is O=C(c1ccon1)N1CCC[C@H](N2CCN(c3ccccc3)CC2)C1. The molecule has 2 saturated heterocycles. The largest absolute Gasteiger partial charge is 0.369 e. The van der Waals surface area contributed by atoms with Crippen molar-refractivity contribution in [3.63, 3.8) is 0 Å². The van der Waals surface area contributed by atoms with Gasteiger partial charge in [0, 0.05) is 57.1 Å². The number of piperidine rings is 1. The van der Waals surface area contributed by atoms with Gasteiger partial charge < -0.3 is 14.3 Å². The van der Waals surface area contributed by atoms with Gasteiger partial charge in [-0.1, -0.05) is 23.4 Å². The topological polar surface area (TPSA) is 52.8 Å². The average molecular weight is 340 g/mol. The number of hydrogen-bond donors (Lipinski definition) is 0. The molecule has 0 aliphatic carbocycles. The van der Waals surface area contributed by atoms with Gasteiger partial charge in [0.15, 0.2) is 5.69 Å². The molecule has 2 fully saturated rings. The molecule has 2 aliphatic heterocycles. The number of anilines is 1. The summed E-state index contributed by atoms with van der Waals surface area (Å²) in [5.74, 6) is -0.0126. The van der Waals surface area contributed by atoms with Crippen LogP contribution in [0.2, 0.25) is 0 Å². The highest BCUT2D eigenvalue weighted by molar-refractivity contribution is 5.92. The van der Waals surface area contributed by atoms with Crippen molar-refractivity contribution >= 4 is 11.6 Å². The molecule has 132 valence electrons. The number of carbonyl (C=O) groups is 1. The quantitative estimate of drug-likeness (QED) is 0.856. The van der Waals surface area contributed by atoms with Gasteiger partial charge in [0.25, 0.3) is 5.91 Å². The van der Waals surface area contributed by atoms with Gasteiger partial charge in [-0.3, -0.25) is 9.69 Å². The number of carbonyl (C=O) groups excluding carboxylic acids is 1. The first-order valence-electron chi connectivity index (χ1n) is 9.05. The Labute approximate surface area is 148 Å². The summed E-state index contributed by atoms with van der Waals surface area (Å²) in [7, 11) is 0. The van der Waals surface area contributed by atoms with Gasteiger partial charge in [0.2, 0.25) is 0 Å². The molecule has 6 heteroatoms. The zero-order valence-electron chi connectivity index (χ0n) is 14.4. The Bertz CT molecular complexity index is 681. The van der Waals surface area contributed by atoms with E-state index in [9.17, 15) is 4.79 Å². The fourth-order valence-corrected chi connectivity index (χ4v) is 3.91. The van der Waals surface area contributed by atoms with Crippen molar-refractivity contribution in [2.45, 2.75) is 18.9 Å². The normalized spacial score (nSPS) is 22.2. The van der Waals surface area contributed by atoms with Crippen molar-refractivity contribution in [3.8, 4) is 0 Å². The van der Waals surface area contributed by atoms with Crippen LogP contribution >= 0.6 is 0 Å². The Morgan fingerprint density at radius 2 is 1.84 bits per heavy atom. The molecule has 25 heavy (non-hydrogen) atoms. The summed E-state index contributed by atoms with van der Waals surface area (Å²) < 4.78 is 4.81. The van der Waals surface area contributed by atoms with E-state index in [4.69, 9.17) is 4.52 Å². The molecule has 0 radical (unpaired) electrons. The van der Waals surface area contributed by atoms with Crippen molar-refractivity contribution in [1.29, 1.82) is 0 Å². The third kappa shape index (κ3) is 3.54. The molecule has 3 heterocycles. The Kier molecular flexibility index (Phi) is 4.70. The first-order valence-corrected chi connectivity index (χ1v) is 9.05. The first-order chi connectivity index (χ1) is 12.3. The third-order valence-corrected chi connectivity index (χ3v) is 5.29. The van der Waals surface area contributed by atoms with Gasteiger partial charge in [-0.25, -0.2) is 0 Å². The number of para-hydroxylation sites is 1. The van der Waals surface area contributed by atoms with Crippen molar-refractivity contribution in [2.75, 3.05) is 44.2 Å². The summed E-state index contributed by atoms with van der Waals surface area (Å²) in [5, 5.41) is 3.79. The predicted octanol–water partition coefficient (Wildman–Crippen LogP) is 2.10. The Hall–Kier alpha value is -2.34. The van der Waals surface area contributed by atoms with E-state index in [1.807, 2.05) is 4.90 Å². The number of likely N-dealkylation sites (tertiary alicyclic amines) is 1. The molecule has 2 aliphatic rings. The maximum atomic E-state index is 12.5. The van der Waals surface area contributed by atoms with E-state index in [0.717, 1.165) is 52.1 Å². The Balaban J connectivity index is 1.34. The summed E-state index contributed by atoms with van der Waals surface area (Å²) >= 11 is 0. The zero-order chi connectivity index (χ0) is 17.1. The van der Waals surface area contributed by atoms with Gasteiger partial charge in [-0.2, -0.15) is 0 Å². The second-order valence-corrected chi connectivity index (χ2v) is 6.79. The molecular weight excluding hydrogens is 316 g/mol. The van der Waals surface area contributed by atoms with Crippen LogP contribution < -0.4 is 4.90 Å². The molecule has 1 atom stereocenters. The van der Waals surface area contributed by atoms with E-state index in [0.29, 0.717) is 11.7 Å². The van der Waals surface area contributed by atoms with Crippen LogP contribution in [0.1, 0.15) is 23.3 Å². The monoisotopic (exact) mass is 340 g/mol. The number of nitrogens with zero attached hydrogens (tertiary/aromatic N) is 4. The lowest BCUT2D eigenvalue weighted by Crippen LogP contribution is -2.55. The van der Waals surface area contributed by atoms with Crippen LogP contribution in [0.5, 0.6) is 0 Å². The molecule has 0 saturated carbocycles. The van der Waals surface area contributed by atoms with E-state index >= 15 is 0 Å². The number of amides is 1. The first kappa shape index (κ1) is 16.1. The third-order valence-electron chi connectivity index (χ3n) is 5.29. The number of benzene rings is 1. The van der Waals surface area contributed by atoms with Crippen molar-refractivity contribution in [3.05, 3.63) is 48.4 Å². The zero-order valence-corrected chi connectivity index (χ0v) is 14.4. The van der Waals surface area contributed by atoms with Crippen LogP contribution in [-0.4, -0.2) is 66.2 Å². The number of hydrogen-bond acceptors (Lipinski definition) is 5. The minimum Gasteiger partial charge on any atom is -0.369 e. The summed E-state index contributed by atoms with van der Waals surface area (Å²) in [6, 6.07) is 12.7. The van der Waals surface area contributed by atoms with E-state index in [2.05, 4.69) is 45.3 Å². The second kappa shape index (κ2) is 7.27. The minimum absolute atomic E-state index is 0.0126. The van der Waals surface area contributed by atoms with Gasteiger partial charge in [-0.15, -0.1) is 0 Å². The van der Waals surface area contributed by atoms with E-state index in [1.165, 1.54) is 12.0 Å². The molecule has 2 aromatic rings. The van der Waals surface area contributed by atoms with Crippen LogP contribution in [0.25, 0.3) is 0 Å². The summed E-state index contributed by atoms with van der Waals surface area (Å²) in [6.45, 7) is 5.77. The standard InChI is InChI=1S/C19H24N4O2/c24-19(18-8-14-25-20-18)23-9-4-7-17(15-23)22-12-10-21(11-13-22)16-5-2-1-3-6-16/h1-3,5-6,8,14,17H,4,7,9-13,15H2/t17-/m0/s1. The van der Waals surface area contributed by atoms with Crippen LogP contribution in [-0.2, 0) is 0 Å². The Morgan fingerprint density at radius 1 is 1.04 bits per heavy atom. The minimum atomic E-state index is -0.0126. The van der Waals surface area contributed by atoms with E-state index in [1.54, 1.807) is 6.07 Å². The molecule has 6 nitrogen and oxygen atoms in total. The van der Waals surface area contributed by atoms with E-state index < -0.39 is 0 Å². The van der Waals surface area contributed by atoms with Gasteiger partial charge in [0.05, 0.1) is 0 Å². The highest BCUT2D eigenvalue weighted by atomic mass is 16.5. The van der Waals surface area contributed by atoms with Crippen molar-refractivity contribution in [1.82, 2.24) is 15.0 Å². The molecule has 0 bridgehead atoms. The van der Waals surface area contributed by atoms with Crippen LogP contribution in [0.15, 0.2) is 47.2 Å². The predicted molar refractivity (Wildman–Crippen MR) is 95.7 cm³/mol. The Morgan fingerprint density at radius 3 is 2.56 bits per heavy atom. The van der Waals surface area contributed by atoms with Crippen LogP contribution in [0.3, 0.4) is 0 Å². The lowest BCUT2D eigenvalue weighted by molar-refractivity contribution is 0.0554. The molecule has 4 rings (SSSR count). The average Bonchev–Trinajstić information content (AvgIpc) is 3.23. The second-order valence-electron chi connectivity index (χ2n) is 6.79. The molecule has 1 aromatic heterocycles. The van der Waals surface area contributed by atoms with Gasteiger partial charge in [0.1, 0.15) is 6.26 Å². The summed E-state index contributed by atoms with van der Waals surface area (Å²) in [6.07, 6.45) is 3.67. The maximum Gasteiger partial charge on any atom is 0.276 e. The lowest BCUT2D eigenvalue weighted by atomic mass is 10.0. The summed E-state index contributed by atoms with van der Waals surface area (Å²) in [4.78, 5) is 19.4. The highest BCUT2D eigenvalue weighted by Gasteiger charge is 2.31. The molecule has 0 N–H and O–H groups in total. The van der Waals surface area contributed by atoms with Crippen LogP contribution in [0.4, 0.5) is 5.69 Å².